The lowest BCUT2D eigenvalue weighted by atomic mass is 10.00. The zero-order chi connectivity index (χ0) is 14.5. The molecule has 1 unspecified atom stereocenters. The molecule has 1 N–H and O–H groups in total. The first kappa shape index (κ1) is 14.3. The van der Waals surface area contributed by atoms with Crippen molar-refractivity contribution in [2.45, 2.75) is 13.0 Å². The Morgan fingerprint density at radius 1 is 1.10 bits per heavy atom. The second-order valence-corrected chi connectivity index (χ2v) is 4.44. The minimum atomic E-state index is 0.207. The van der Waals surface area contributed by atoms with Gasteiger partial charge in [0.15, 0.2) is 11.5 Å². The summed E-state index contributed by atoms with van der Waals surface area (Å²) < 4.78 is 10.9. The van der Waals surface area contributed by atoms with E-state index in [1.807, 2.05) is 13.1 Å². The van der Waals surface area contributed by atoms with Gasteiger partial charge in [0.1, 0.15) is 6.33 Å². The molecule has 0 saturated carbocycles. The Kier molecular flexibility index (Phi) is 4.53. The van der Waals surface area contributed by atoms with Gasteiger partial charge in [-0.3, -0.25) is 0 Å². The average molecular weight is 273 g/mol. The Morgan fingerprint density at radius 2 is 1.80 bits per heavy atom. The van der Waals surface area contributed by atoms with Crippen LogP contribution in [0.4, 0.5) is 0 Å². The molecule has 5 nitrogen and oxygen atoms in total. The number of aromatic nitrogens is 2. The highest BCUT2D eigenvalue weighted by molar-refractivity contribution is 5.74. The summed E-state index contributed by atoms with van der Waals surface area (Å²) in [5.74, 6) is 1.39. The summed E-state index contributed by atoms with van der Waals surface area (Å²) >= 11 is 0. The third kappa shape index (κ3) is 2.72. The van der Waals surface area contributed by atoms with Crippen LogP contribution in [0.5, 0.6) is 11.5 Å². The van der Waals surface area contributed by atoms with E-state index in [1.165, 1.54) is 6.33 Å². The first-order chi connectivity index (χ1) is 9.71. The molecule has 0 aliphatic heterocycles. The van der Waals surface area contributed by atoms with Gasteiger partial charge in [0.25, 0.3) is 0 Å². The van der Waals surface area contributed by atoms with Crippen LogP contribution in [-0.4, -0.2) is 31.2 Å². The fourth-order valence-corrected chi connectivity index (χ4v) is 2.05. The molecule has 2 rings (SSSR count). The van der Waals surface area contributed by atoms with Crippen LogP contribution in [0.15, 0.2) is 30.9 Å². The zero-order valence-electron chi connectivity index (χ0n) is 12.2. The van der Waals surface area contributed by atoms with Gasteiger partial charge in [0, 0.05) is 29.6 Å². The lowest BCUT2D eigenvalue weighted by Crippen LogP contribution is -2.12. The van der Waals surface area contributed by atoms with E-state index in [4.69, 9.17) is 9.47 Å². The maximum atomic E-state index is 5.49. The highest BCUT2D eigenvalue weighted by Crippen LogP contribution is 2.40. The summed E-state index contributed by atoms with van der Waals surface area (Å²) in [6, 6.07) is 4.26. The zero-order valence-corrected chi connectivity index (χ0v) is 12.2. The second kappa shape index (κ2) is 6.34. The van der Waals surface area contributed by atoms with Gasteiger partial charge in [-0.15, -0.1) is 0 Å². The molecule has 1 aromatic carbocycles. The van der Waals surface area contributed by atoms with Crippen molar-refractivity contribution >= 4 is 0 Å². The molecule has 0 bridgehead atoms. The minimum Gasteiger partial charge on any atom is -0.493 e. The van der Waals surface area contributed by atoms with Crippen LogP contribution in [-0.2, 0) is 0 Å². The van der Waals surface area contributed by atoms with Crippen LogP contribution >= 0.6 is 0 Å². The largest absolute Gasteiger partial charge is 0.493 e. The molecular weight excluding hydrogens is 254 g/mol. The first-order valence-electron chi connectivity index (χ1n) is 6.39. The number of methoxy groups -OCH3 is 2. The second-order valence-electron chi connectivity index (χ2n) is 4.44. The van der Waals surface area contributed by atoms with Gasteiger partial charge in [-0.05, 0) is 31.7 Å². The summed E-state index contributed by atoms with van der Waals surface area (Å²) in [6.07, 6.45) is 5.03. The lowest BCUT2D eigenvalue weighted by molar-refractivity contribution is 0.355. The van der Waals surface area contributed by atoms with Gasteiger partial charge in [-0.2, -0.15) is 0 Å². The molecule has 0 radical (unpaired) electrons. The molecule has 2 aromatic rings. The van der Waals surface area contributed by atoms with Gasteiger partial charge in [-0.25, -0.2) is 9.97 Å². The molecule has 0 aliphatic rings. The smallest absolute Gasteiger partial charge is 0.168 e. The van der Waals surface area contributed by atoms with Gasteiger partial charge < -0.3 is 14.8 Å². The van der Waals surface area contributed by atoms with E-state index in [-0.39, 0.29) is 6.04 Å². The van der Waals surface area contributed by atoms with Crippen LogP contribution in [0.3, 0.4) is 0 Å². The van der Waals surface area contributed by atoms with Crippen LogP contribution in [0.1, 0.15) is 18.5 Å². The van der Waals surface area contributed by atoms with E-state index in [9.17, 15) is 0 Å². The molecule has 5 heteroatoms. The van der Waals surface area contributed by atoms with Crippen molar-refractivity contribution in [3.05, 3.63) is 36.4 Å². The molecule has 0 amide bonds. The predicted octanol–water partition coefficient (Wildman–Crippen LogP) is 2.44. The monoisotopic (exact) mass is 273 g/mol. The van der Waals surface area contributed by atoms with Crippen molar-refractivity contribution in [1.82, 2.24) is 15.3 Å². The Hall–Kier alpha value is -2.14. The van der Waals surface area contributed by atoms with E-state index in [0.717, 1.165) is 16.7 Å². The number of hydrogen-bond donors (Lipinski definition) is 1. The molecule has 1 atom stereocenters. The standard InChI is InChI=1S/C15H19N3O2/c1-10(16-2)11-5-13(12-7-17-9-18-8-12)15(20-4)14(6-11)19-3/h5-10,16H,1-4H3. The van der Waals surface area contributed by atoms with Crippen LogP contribution in [0.2, 0.25) is 0 Å². The highest BCUT2D eigenvalue weighted by Gasteiger charge is 2.16. The summed E-state index contributed by atoms with van der Waals surface area (Å²) in [5, 5.41) is 3.22. The van der Waals surface area contributed by atoms with Gasteiger partial charge in [-0.1, -0.05) is 0 Å². The average Bonchev–Trinajstić information content (AvgIpc) is 2.53. The summed E-state index contributed by atoms with van der Waals surface area (Å²) in [7, 11) is 5.19. The number of hydrogen-bond acceptors (Lipinski definition) is 5. The molecule has 0 fully saturated rings. The van der Waals surface area contributed by atoms with E-state index >= 15 is 0 Å². The Labute approximate surface area is 119 Å². The van der Waals surface area contributed by atoms with E-state index < -0.39 is 0 Å². The van der Waals surface area contributed by atoms with E-state index in [2.05, 4.69) is 28.3 Å². The van der Waals surface area contributed by atoms with E-state index in [1.54, 1.807) is 26.6 Å². The third-order valence-electron chi connectivity index (χ3n) is 3.31. The van der Waals surface area contributed by atoms with Gasteiger partial charge in [0.05, 0.1) is 14.2 Å². The SMILES string of the molecule is CNC(C)c1cc(OC)c(OC)c(-c2cncnc2)c1. The first-order valence-corrected chi connectivity index (χ1v) is 6.39. The molecule has 0 spiro atoms. The molecule has 0 aliphatic carbocycles. The Balaban J connectivity index is 2.63. The van der Waals surface area contributed by atoms with Crippen molar-refractivity contribution in [3.8, 4) is 22.6 Å². The number of nitrogens with one attached hydrogen (secondary N) is 1. The molecule has 106 valence electrons. The Morgan fingerprint density at radius 3 is 2.35 bits per heavy atom. The molecule has 0 saturated heterocycles. The predicted molar refractivity (Wildman–Crippen MR) is 78.0 cm³/mol. The van der Waals surface area contributed by atoms with Crippen molar-refractivity contribution in [3.63, 3.8) is 0 Å². The molecular formula is C15H19N3O2. The van der Waals surface area contributed by atoms with Crippen LogP contribution in [0.25, 0.3) is 11.1 Å². The van der Waals surface area contributed by atoms with Crippen molar-refractivity contribution in [2.75, 3.05) is 21.3 Å². The third-order valence-corrected chi connectivity index (χ3v) is 3.31. The van der Waals surface area contributed by atoms with Crippen molar-refractivity contribution < 1.29 is 9.47 Å². The number of benzene rings is 1. The normalized spacial score (nSPS) is 12.0. The fraction of sp³-hybridized carbons (Fsp3) is 0.333. The Bertz CT molecular complexity index is 573. The lowest BCUT2D eigenvalue weighted by Gasteiger charge is -2.18. The summed E-state index contributed by atoms with van der Waals surface area (Å²) in [4.78, 5) is 8.13. The molecule has 1 heterocycles. The molecule has 1 aromatic heterocycles. The number of rotatable bonds is 5. The van der Waals surface area contributed by atoms with Gasteiger partial charge >= 0.3 is 0 Å². The van der Waals surface area contributed by atoms with Crippen LogP contribution < -0.4 is 14.8 Å². The highest BCUT2D eigenvalue weighted by atomic mass is 16.5. The van der Waals surface area contributed by atoms with Gasteiger partial charge in [0.2, 0.25) is 0 Å². The molecule has 20 heavy (non-hydrogen) atoms. The fourth-order valence-electron chi connectivity index (χ4n) is 2.05. The summed E-state index contributed by atoms with van der Waals surface area (Å²) in [5.41, 5.74) is 2.93. The van der Waals surface area contributed by atoms with Crippen molar-refractivity contribution in [1.29, 1.82) is 0 Å². The quantitative estimate of drug-likeness (QED) is 0.906. The number of ether oxygens (including phenoxy) is 2. The van der Waals surface area contributed by atoms with Crippen molar-refractivity contribution in [2.24, 2.45) is 0 Å². The number of nitrogens with zero attached hydrogens (tertiary/aromatic N) is 2. The maximum Gasteiger partial charge on any atom is 0.168 e. The maximum absolute atomic E-state index is 5.49. The summed E-state index contributed by atoms with van der Waals surface area (Å²) in [6.45, 7) is 2.09. The topological polar surface area (TPSA) is 56.3 Å². The minimum absolute atomic E-state index is 0.207. The van der Waals surface area contributed by atoms with Crippen LogP contribution in [0, 0.1) is 0 Å². The van der Waals surface area contributed by atoms with E-state index in [0.29, 0.717) is 11.5 Å².